The first-order valence-electron chi connectivity index (χ1n) is 4.61. The van der Waals surface area contributed by atoms with E-state index in [0.717, 1.165) is 16.7 Å². The van der Waals surface area contributed by atoms with Crippen LogP contribution in [0.15, 0.2) is 18.2 Å². The number of benzene rings is 1. The normalized spacial score (nSPS) is 12.9. The smallest absolute Gasteiger partial charge is 0.0807 e. The summed E-state index contributed by atoms with van der Waals surface area (Å²) in [5.41, 5.74) is 8.72. The number of aryl methyl sites for hydroxylation is 2. The summed E-state index contributed by atoms with van der Waals surface area (Å²) in [5.74, 6) is 0. The highest BCUT2D eigenvalue weighted by Gasteiger charge is 2.11. The molecule has 0 amide bonds. The zero-order valence-corrected chi connectivity index (χ0v) is 8.25. The van der Waals surface area contributed by atoms with Crippen LogP contribution < -0.4 is 5.73 Å². The van der Waals surface area contributed by atoms with Gasteiger partial charge in [0, 0.05) is 0 Å². The lowest BCUT2D eigenvalue weighted by atomic mass is 9.96. The largest absolute Gasteiger partial charge is 0.388 e. The molecular weight excluding hydrogens is 162 g/mol. The highest BCUT2D eigenvalue weighted by atomic mass is 16.3. The summed E-state index contributed by atoms with van der Waals surface area (Å²) < 4.78 is 0. The lowest BCUT2D eigenvalue weighted by molar-refractivity contribution is 0.169. The molecule has 0 saturated carbocycles. The van der Waals surface area contributed by atoms with E-state index in [-0.39, 0.29) is 0 Å². The van der Waals surface area contributed by atoms with Crippen molar-refractivity contribution in [2.75, 3.05) is 6.54 Å². The molecule has 72 valence electrons. The van der Waals surface area contributed by atoms with Crippen LogP contribution >= 0.6 is 0 Å². The number of nitrogens with two attached hydrogens (primary N) is 1. The van der Waals surface area contributed by atoms with Crippen molar-refractivity contribution < 1.29 is 5.11 Å². The van der Waals surface area contributed by atoms with E-state index < -0.39 is 6.10 Å². The van der Waals surface area contributed by atoms with Gasteiger partial charge >= 0.3 is 0 Å². The van der Waals surface area contributed by atoms with Crippen LogP contribution in [0.2, 0.25) is 0 Å². The fourth-order valence-corrected chi connectivity index (χ4v) is 1.66. The van der Waals surface area contributed by atoms with Crippen molar-refractivity contribution in [3.8, 4) is 0 Å². The van der Waals surface area contributed by atoms with Gasteiger partial charge in [-0.15, -0.1) is 0 Å². The van der Waals surface area contributed by atoms with Crippen molar-refractivity contribution in [3.05, 3.63) is 34.9 Å². The molecule has 1 unspecified atom stereocenters. The molecule has 0 saturated heterocycles. The summed E-state index contributed by atoms with van der Waals surface area (Å²) in [4.78, 5) is 0. The molecule has 1 atom stereocenters. The summed E-state index contributed by atoms with van der Waals surface area (Å²) in [7, 11) is 0. The Bertz CT molecular complexity index is 263. The molecule has 13 heavy (non-hydrogen) atoms. The summed E-state index contributed by atoms with van der Waals surface area (Å²) in [6, 6.07) is 6.04. The average molecular weight is 179 g/mol. The van der Waals surface area contributed by atoms with Crippen molar-refractivity contribution >= 4 is 0 Å². The highest BCUT2D eigenvalue weighted by Crippen LogP contribution is 2.23. The van der Waals surface area contributed by atoms with Crippen molar-refractivity contribution in [3.63, 3.8) is 0 Å². The molecule has 0 bridgehead atoms. The SMILES string of the molecule is Cc1cccc(C)c1C(O)CCN. The third-order valence-electron chi connectivity index (χ3n) is 2.32. The van der Waals surface area contributed by atoms with E-state index in [9.17, 15) is 5.11 Å². The summed E-state index contributed by atoms with van der Waals surface area (Å²) in [6.07, 6.45) is 0.220. The van der Waals surface area contributed by atoms with Crippen LogP contribution in [0, 0.1) is 13.8 Å². The number of aliphatic hydroxyl groups is 1. The standard InChI is InChI=1S/C11H17NO/c1-8-4-3-5-9(2)11(8)10(13)6-7-12/h3-5,10,13H,6-7,12H2,1-2H3. The Hall–Kier alpha value is -0.860. The van der Waals surface area contributed by atoms with Crippen molar-refractivity contribution in [1.29, 1.82) is 0 Å². The zero-order valence-electron chi connectivity index (χ0n) is 8.25. The predicted molar refractivity (Wildman–Crippen MR) is 54.5 cm³/mol. The highest BCUT2D eigenvalue weighted by molar-refractivity contribution is 5.35. The van der Waals surface area contributed by atoms with E-state index in [0.29, 0.717) is 13.0 Å². The van der Waals surface area contributed by atoms with Gasteiger partial charge in [0.2, 0.25) is 0 Å². The molecule has 0 heterocycles. The molecular formula is C11H17NO. The van der Waals surface area contributed by atoms with Crippen molar-refractivity contribution in [2.24, 2.45) is 5.73 Å². The number of hydrogen-bond donors (Lipinski definition) is 2. The van der Waals surface area contributed by atoms with Gasteiger partial charge in [0.05, 0.1) is 6.10 Å². The Morgan fingerprint density at radius 3 is 2.31 bits per heavy atom. The van der Waals surface area contributed by atoms with Crippen LogP contribution in [0.3, 0.4) is 0 Å². The minimum Gasteiger partial charge on any atom is -0.388 e. The maximum Gasteiger partial charge on any atom is 0.0807 e. The predicted octanol–water partition coefficient (Wildman–Crippen LogP) is 1.69. The quantitative estimate of drug-likeness (QED) is 0.741. The van der Waals surface area contributed by atoms with Crippen LogP contribution in [0.25, 0.3) is 0 Å². The van der Waals surface area contributed by atoms with Crippen LogP contribution in [-0.4, -0.2) is 11.7 Å². The average Bonchev–Trinajstić information content (AvgIpc) is 2.04. The van der Waals surface area contributed by atoms with Gasteiger partial charge in [0.25, 0.3) is 0 Å². The number of hydrogen-bond acceptors (Lipinski definition) is 2. The van der Waals surface area contributed by atoms with Crippen LogP contribution in [0.1, 0.15) is 29.2 Å². The fourth-order valence-electron chi connectivity index (χ4n) is 1.66. The van der Waals surface area contributed by atoms with Gasteiger partial charge in [-0.2, -0.15) is 0 Å². The first-order chi connectivity index (χ1) is 6.16. The summed E-state index contributed by atoms with van der Waals surface area (Å²) in [5, 5.41) is 9.80. The Balaban J connectivity index is 2.98. The fraction of sp³-hybridized carbons (Fsp3) is 0.455. The molecule has 0 radical (unpaired) electrons. The minimum absolute atomic E-state index is 0.411. The number of rotatable bonds is 3. The Morgan fingerprint density at radius 2 is 1.85 bits per heavy atom. The molecule has 0 aliphatic heterocycles. The third-order valence-corrected chi connectivity index (χ3v) is 2.32. The molecule has 0 aromatic heterocycles. The molecule has 2 nitrogen and oxygen atoms in total. The monoisotopic (exact) mass is 179 g/mol. The second-order valence-electron chi connectivity index (χ2n) is 3.40. The molecule has 0 aliphatic rings. The second-order valence-corrected chi connectivity index (χ2v) is 3.40. The van der Waals surface area contributed by atoms with Gasteiger partial charge in [0.15, 0.2) is 0 Å². The van der Waals surface area contributed by atoms with E-state index in [1.807, 2.05) is 32.0 Å². The van der Waals surface area contributed by atoms with Gasteiger partial charge in [0.1, 0.15) is 0 Å². The number of aliphatic hydroxyl groups excluding tert-OH is 1. The minimum atomic E-state index is -0.411. The molecule has 1 rings (SSSR count). The van der Waals surface area contributed by atoms with E-state index in [4.69, 9.17) is 5.73 Å². The van der Waals surface area contributed by atoms with Gasteiger partial charge < -0.3 is 10.8 Å². The zero-order chi connectivity index (χ0) is 9.84. The van der Waals surface area contributed by atoms with Gasteiger partial charge in [-0.05, 0) is 43.5 Å². The Labute approximate surface area is 79.4 Å². The van der Waals surface area contributed by atoms with Crippen molar-refractivity contribution in [1.82, 2.24) is 0 Å². The van der Waals surface area contributed by atoms with E-state index in [1.54, 1.807) is 0 Å². The van der Waals surface area contributed by atoms with Crippen molar-refractivity contribution in [2.45, 2.75) is 26.4 Å². The third kappa shape index (κ3) is 2.29. The molecule has 1 aromatic rings. The topological polar surface area (TPSA) is 46.2 Å². The molecule has 3 N–H and O–H groups in total. The maximum absolute atomic E-state index is 9.80. The second kappa shape index (κ2) is 4.40. The Morgan fingerprint density at radius 1 is 1.31 bits per heavy atom. The molecule has 0 spiro atoms. The maximum atomic E-state index is 9.80. The van der Waals surface area contributed by atoms with Gasteiger partial charge in [-0.3, -0.25) is 0 Å². The van der Waals surface area contributed by atoms with Gasteiger partial charge in [-0.1, -0.05) is 18.2 Å². The summed E-state index contributed by atoms with van der Waals surface area (Å²) in [6.45, 7) is 4.55. The van der Waals surface area contributed by atoms with E-state index in [1.165, 1.54) is 0 Å². The van der Waals surface area contributed by atoms with Crippen LogP contribution in [-0.2, 0) is 0 Å². The Kier molecular flexibility index (Phi) is 3.46. The van der Waals surface area contributed by atoms with Crippen LogP contribution in [0.4, 0.5) is 0 Å². The van der Waals surface area contributed by atoms with E-state index >= 15 is 0 Å². The van der Waals surface area contributed by atoms with Gasteiger partial charge in [-0.25, -0.2) is 0 Å². The van der Waals surface area contributed by atoms with E-state index in [2.05, 4.69) is 0 Å². The first-order valence-corrected chi connectivity index (χ1v) is 4.61. The molecule has 2 heteroatoms. The lowest BCUT2D eigenvalue weighted by Crippen LogP contribution is -2.09. The lowest BCUT2D eigenvalue weighted by Gasteiger charge is -2.15. The summed E-state index contributed by atoms with van der Waals surface area (Å²) >= 11 is 0. The molecule has 1 aromatic carbocycles. The van der Waals surface area contributed by atoms with Crippen LogP contribution in [0.5, 0.6) is 0 Å². The first kappa shape index (κ1) is 10.2. The molecule has 0 fully saturated rings. The molecule has 0 aliphatic carbocycles.